The van der Waals surface area contributed by atoms with Crippen LogP contribution in [0.4, 0.5) is 4.79 Å². The number of primary amides is 1. The van der Waals surface area contributed by atoms with Gasteiger partial charge in [-0.05, 0) is 57.6 Å². The molecule has 0 radical (unpaired) electrons. The Kier molecular flexibility index (Phi) is 12.3. The molecule has 0 saturated carbocycles. The molecule has 1 aliphatic heterocycles. The summed E-state index contributed by atoms with van der Waals surface area (Å²) in [4.78, 5) is 65.9. The minimum atomic E-state index is -1.73. The van der Waals surface area contributed by atoms with Gasteiger partial charge in [0, 0.05) is 12.1 Å². The number of nitrogens with one attached hydrogen (secondary N) is 3. The number of benzene rings is 2. The number of carbonyl (C=O) groups is 5. The first-order valence-electron chi connectivity index (χ1n) is 14.7. The normalized spacial score (nSPS) is 17.0. The SMILES string of the molecule is CC(C)(C)NC(=O)C1CCCCN1C(=O)C(O)C(Cc1ccccc1)NC(=O)C(CC(N)=O)NC(=O)OCc1ccccc1. The summed E-state index contributed by atoms with van der Waals surface area (Å²) in [6, 6.07) is 14.4. The maximum atomic E-state index is 13.7. The van der Waals surface area contributed by atoms with E-state index in [9.17, 15) is 29.1 Å². The maximum Gasteiger partial charge on any atom is 0.408 e. The predicted molar refractivity (Wildman–Crippen MR) is 163 cm³/mol. The fraction of sp³-hybridized carbons (Fsp3) is 0.469. The molecule has 3 rings (SSSR count). The molecule has 0 spiro atoms. The van der Waals surface area contributed by atoms with Crippen molar-refractivity contribution in [3.8, 4) is 0 Å². The van der Waals surface area contributed by atoms with Crippen LogP contribution in [-0.4, -0.2) is 76.0 Å². The van der Waals surface area contributed by atoms with Crippen LogP contribution < -0.4 is 21.7 Å². The van der Waals surface area contributed by atoms with Gasteiger partial charge in [0.05, 0.1) is 12.5 Å². The molecule has 0 bridgehead atoms. The summed E-state index contributed by atoms with van der Waals surface area (Å²) in [7, 11) is 0. The van der Waals surface area contributed by atoms with Crippen molar-refractivity contribution in [3.05, 3.63) is 71.8 Å². The Morgan fingerprint density at radius 3 is 2.16 bits per heavy atom. The number of carbonyl (C=O) groups excluding carboxylic acids is 5. The molecule has 4 unspecified atom stereocenters. The van der Waals surface area contributed by atoms with Gasteiger partial charge in [-0.25, -0.2) is 4.79 Å². The second-order valence-electron chi connectivity index (χ2n) is 12.0. The van der Waals surface area contributed by atoms with Crippen LogP contribution in [0.5, 0.6) is 0 Å². The van der Waals surface area contributed by atoms with E-state index in [-0.39, 0.29) is 25.5 Å². The molecule has 0 aliphatic carbocycles. The van der Waals surface area contributed by atoms with Gasteiger partial charge in [0.15, 0.2) is 6.10 Å². The standard InChI is InChI=1S/C32H43N5O7/c1-32(2,3)36-29(41)25-16-10-11-17-37(25)30(42)27(39)23(18-21-12-6-4-7-13-21)34-28(40)24(19-26(33)38)35-31(43)44-20-22-14-8-5-9-15-22/h4-9,12-15,23-25,27,39H,10-11,16-20H2,1-3H3,(H2,33,38)(H,34,40)(H,35,43)(H,36,41). The molecular weight excluding hydrogens is 566 g/mol. The highest BCUT2D eigenvalue weighted by molar-refractivity contribution is 5.92. The third kappa shape index (κ3) is 10.7. The zero-order valence-electron chi connectivity index (χ0n) is 25.5. The number of amides is 5. The molecule has 1 aliphatic rings. The second kappa shape index (κ2) is 15.9. The Balaban J connectivity index is 1.78. The molecule has 1 heterocycles. The zero-order valence-corrected chi connectivity index (χ0v) is 25.5. The van der Waals surface area contributed by atoms with E-state index >= 15 is 0 Å². The Morgan fingerprint density at radius 2 is 1.57 bits per heavy atom. The van der Waals surface area contributed by atoms with Crippen molar-refractivity contribution in [2.45, 2.75) is 89.3 Å². The Labute approximate surface area is 257 Å². The van der Waals surface area contributed by atoms with Gasteiger partial charge in [-0.15, -0.1) is 0 Å². The van der Waals surface area contributed by atoms with Gasteiger partial charge in [0.25, 0.3) is 5.91 Å². The van der Waals surface area contributed by atoms with E-state index in [4.69, 9.17) is 10.5 Å². The number of nitrogens with two attached hydrogens (primary N) is 1. The highest BCUT2D eigenvalue weighted by Crippen LogP contribution is 2.21. The average molecular weight is 610 g/mol. The minimum Gasteiger partial charge on any atom is -0.445 e. The quantitative estimate of drug-likeness (QED) is 0.242. The van der Waals surface area contributed by atoms with Crippen LogP contribution in [0, 0.1) is 0 Å². The molecule has 44 heavy (non-hydrogen) atoms. The number of alkyl carbamates (subject to hydrolysis) is 1. The summed E-state index contributed by atoms with van der Waals surface area (Å²) in [6.45, 7) is 5.72. The number of likely N-dealkylation sites (tertiary alicyclic amines) is 1. The first-order valence-corrected chi connectivity index (χ1v) is 14.7. The van der Waals surface area contributed by atoms with Crippen molar-refractivity contribution < 1.29 is 33.8 Å². The predicted octanol–water partition coefficient (Wildman–Crippen LogP) is 1.54. The van der Waals surface area contributed by atoms with E-state index in [0.29, 0.717) is 18.4 Å². The Bertz CT molecular complexity index is 1280. The average Bonchev–Trinajstić information content (AvgIpc) is 2.98. The molecule has 4 atom stereocenters. The van der Waals surface area contributed by atoms with Crippen molar-refractivity contribution >= 4 is 29.7 Å². The third-order valence-electron chi connectivity index (χ3n) is 7.07. The topological polar surface area (TPSA) is 180 Å². The molecule has 2 aromatic rings. The van der Waals surface area contributed by atoms with Gasteiger partial charge in [-0.3, -0.25) is 19.2 Å². The Hall–Kier alpha value is -4.45. The number of nitrogens with zero attached hydrogens (tertiary/aromatic N) is 1. The van der Waals surface area contributed by atoms with E-state index < -0.39 is 60.0 Å². The molecule has 5 amide bonds. The first-order chi connectivity index (χ1) is 20.8. The first kappa shape index (κ1) is 34.0. The minimum absolute atomic E-state index is 0.0495. The van der Waals surface area contributed by atoms with E-state index in [1.54, 1.807) is 54.6 Å². The number of aliphatic hydroxyl groups is 1. The smallest absolute Gasteiger partial charge is 0.408 e. The lowest BCUT2D eigenvalue weighted by atomic mass is 9.95. The third-order valence-corrected chi connectivity index (χ3v) is 7.07. The summed E-state index contributed by atoms with van der Waals surface area (Å²) >= 11 is 0. The van der Waals surface area contributed by atoms with Crippen LogP contribution >= 0.6 is 0 Å². The summed E-state index contributed by atoms with van der Waals surface area (Å²) in [5, 5.41) is 19.3. The van der Waals surface area contributed by atoms with E-state index in [0.717, 1.165) is 12.0 Å². The van der Waals surface area contributed by atoms with Crippen LogP contribution in [0.3, 0.4) is 0 Å². The summed E-state index contributed by atoms with van der Waals surface area (Å²) in [6.07, 6.45) is -1.35. The summed E-state index contributed by atoms with van der Waals surface area (Å²) in [5.41, 5.74) is 6.28. The molecule has 6 N–H and O–H groups in total. The van der Waals surface area contributed by atoms with Crippen molar-refractivity contribution in [3.63, 3.8) is 0 Å². The van der Waals surface area contributed by atoms with Crippen molar-refractivity contribution in [2.24, 2.45) is 5.73 Å². The van der Waals surface area contributed by atoms with Gasteiger partial charge in [-0.1, -0.05) is 60.7 Å². The van der Waals surface area contributed by atoms with Gasteiger partial charge in [-0.2, -0.15) is 0 Å². The lowest BCUT2D eigenvalue weighted by molar-refractivity contribution is -0.151. The van der Waals surface area contributed by atoms with Gasteiger partial charge < -0.3 is 36.4 Å². The number of rotatable bonds is 12. The lowest BCUT2D eigenvalue weighted by Gasteiger charge is -2.38. The number of piperidine rings is 1. The summed E-state index contributed by atoms with van der Waals surface area (Å²) in [5.74, 6) is -2.72. The molecule has 1 fully saturated rings. The van der Waals surface area contributed by atoms with Crippen LogP contribution in [0.2, 0.25) is 0 Å². The summed E-state index contributed by atoms with van der Waals surface area (Å²) < 4.78 is 5.19. The lowest BCUT2D eigenvalue weighted by Crippen LogP contribution is -2.61. The van der Waals surface area contributed by atoms with Gasteiger partial charge >= 0.3 is 6.09 Å². The molecule has 0 aromatic heterocycles. The van der Waals surface area contributed by atoms with Crippen LogP contribution in [0.25, 0.3) is 0 Å². The number of hydrogen-bond donors (Lipinski definition) is 5. The van der Waals surface area contributed by atoms with E-state index in [1.165, 1.54) is 4.90 Å². The molecule has 1 saturated heterocycles. The maximum absolute atomic E-state index is 13.7. The van der Waals surface area contributed by atoms with Crippen molar-refractivity contribution in [1.29, 1.82) is 0 Å². The zero-order chi connectivity index (χ0) is 32.3. The number of ether oxygens (including phenoxy) is 1. The fourth-order valence-electron chi connectivity index (χ4n) is 4.97. The molecule has 2 aromatic carbocycles. The highest BCUT2D eigenvalue weighted by Gasteiger charge is 2.39. The molecule has 12 nitrogen and oxygen atoms in total. The largest absolute Gasteiger partial charge is 0.445 e. The van der Waals surface area contributed by atoms with Crippen LogP contribution in [0.15, 0.2) is 60.7 Å². The second-order valence-corrected chi connectivity index (χ2v) is 12.0. The van der Waals surface area contributed by atoms with Gasteiger partial charge in [0.2, 0.25) is 17.7 Å². The fourth-order valence-corrected chi connectivity index (χ4v) is 4.97. The molecule has 12 heteroatoms. The van der Waals surface area contributed by atoms with Crippen LogP contribution in [-0.2, 0) is 36.9 Å². The van der Waals surface area contributed by atoms with Crippen molar-refractivity contribution in [1.82, 2.24) is 20.9 Å². The molecular formula is C32H43N5O7. The van der Waals surface area contributed by atoms with E-state index in [2.05, 4.69) is 16.0 Å². The number of aliphatic hydroxyl groups excluding tert-OH is 1. The highest BCUT2D eigenvalue weighted by atomic mass is 16.5. The van der Waals surface area contributed by atoms with E-state index in [1.807, 2.05) is 26.8 Å². The number of hydrogen-bond acceptors (Lipinski definition) is 7. The van der Waals surface area contributed by atoms with Crippen molar-refractivity contribution in [2.75, 3.05) is 6.54 Å². The molecule has 238 valence electrons. The Morgan fingerprint density at radius 1 is 0.955 bits per heavy atom. The monoisotopic (exact) mass is 609 g/mol. The van der Waals surface area contributed by atoms with Crippen LogP contribution in [0.1, 0.15) is 57.6 Å². The van der Waals surface area contributed by atoms with Gasteiger partial charge in [0.1, 0.15) is 18.7 Å².